The van der Waals surface area contributed by atoms with E-state index >= 15 is 0 Å². The molecule has 0 fully saturated rings. The SMILES string of the molecule is O=C(O)CC(NC(=O)c1cccc2c1OCO2)c1cccc(Cl)c1. The van der Waals surface area contributed by atoms with Crippen LogP contribution in [-0.4, -0.2) is 23.8 Å². The van der Waals surface area contributed by atoms with Gasteiger partial charge in [-0.3, -0.25) is 9.59 Å². The summed E-state index contributed by atoms with van der Waals surface area (Å²) in [6.45, 7) is 0.0481. The van der Waals surface area contributed by atoms with Crippen molar-refractivity contribution in [2.45, 2.75) is 12.5 Å². The molecule has 7 heteroatoms. The fraction of sp³-hybridized carbons (Fsp3) is 0.176. The lowest BCUT2D eigenvalue weighted by Gasteiger charge is -2.18. The standard InChI is InChI=1S/C17H14ClNO5/c18-11-4-1-3-10(7-11)13(8-15(20)21)19-17(22)12-5-2-6-14-16(12)24-9-23-14/h1-7,13H,8-9H2,(H,19,22)(H,20,21). The van der Waals surface area contributed by atoms with Crippen LogP contribution in [0.1, 0.15) is 28.4 Å². The number of para-hydroxylation sites is 1. The Labute approximate surface area is 143 Å². The highest BCUT2D eigenvalue weighted by molar-refractivity contribution is 6.30. The van der Waals surface area contributed by atoms with Crippen molar-refractivity contribution in [1.29, 1.82) is 0 Å². The van der Waals surface area contributed by atoms with Crippen LogP contribution in [0.2, 0.25) is 5.02 Å². The van der Waals surface area contributed by atoms with Crippen LogP contribution in [0.3, 0.4) is 0 Å². The Morgan fingerprint density at radius 3 is 2.75 bits per heavy atom. The summed E-state index contributed by atoms with van der Waals surface area (Å²) in [5.74, 6) is -0.628. The number of halogens is 1. The zero-order chi connectivity index (χ0) is 17.1. The van der Waals surface area contributed by atoms with Gasteiger partial charge in [0.1, 0.15) is 0 Å². The second kappa shape index (κ2) is 6.80. The van der Waals surface area contributed by atoms with Gasteiger partial charge in [0.15, 0.2) is 11.5 Å². The molecule has 0 aliphatic carbocycles. The third-order valence-corrected chi connectivity index (χ3v) is 3.81. The van der Waals surface area contributed by atoms with Crippen LogP contribution in [0.25, 0.3) is 0 Å². The van der Waals surface area contributed by atoms with E-state index in [2.05, 4.69) is 5.32 Å². The predicted octanol–water partition coefficient (Wildman–Crippen LogP) is 3.01. The maximum absolute atomic E-state index is 12.6. The van der Waals surface area contributed by atoms with Gasteiger partial charge in [-0.15, -0.1) is 0 Å². The van der Waals surface area contributed by atoms with Gasteiger partial charge in [0.25, 0.3) is 5.91 Å². The molecular weight excluding hydrogens is 334 g/mol. The molecule has 24 heavy (non-hydrogen) atoms. The minimum atomic E-state index is -1.03. The molecule has 1 aliphatic rings. The number of carboxylic acid groups (broad SMARTS) is 1. The molecule has 1 unspecified atom stereocenters. The number of carbonyl (C=O) groups excluding carboxylic acids is 1. The second-order valence-corrected chi connectivity index (χ2v) is 5.65. The third-order valence-electron chi connectivity index (χ3n) is 3.58. The van der Waals surface area contributed by atoms with Crippen LogP contribution in [0, 0.1) is 0 Å². The van der Waals surface area contributed by atoms with Crippen molar-refractivity contribution in [3.05, 3.63) is 58.6 Å². The molecule has 124 valence electrons. The number of amides is 1. The third kappa shape index (κ3) is 3.44. The zero-order valence-electron chi connectivity index (χ0n) is 12.5. The molecule has 2 N–H and O–H groups in total. The molecule has 0 bridgehead atoms. The van der Waals surface area contributed by atoms with Gasteiger partial charge in [-0.1, -0.05) is 29.8 Å². The number of hydrogen-bond acceptors (Lipinski definition) is 4. The lowest BCUT2D eigenvalue weighted by molar-refractivity contribution is -0.137. The van der Waals surface area contributed by atoms with Gasteiger partial charge in [-0.25, -0.2) is 0 Å². The smallest absolute Gasteiger partial charge is 0.305 e. The predicted molar refractivity (Wildman–Crippen MR) is 86.5 cm³/mol. The van der Waals surface area contributed by atoms with Gasteiger partial charge < -0.3 is 19.9 Å². The van der Waals surface area contributed by atoms with Gasteiger partial charge >= 0.3 is 5.97 Å². The molecule has 2 aromatic carbocycles. The number of carboxylic acids is 1. The maximum atomic E-state index is 12.6. The van der Waals surface area contributed by atoms with Crippen LogP contribution in [0.4, 0.5) is 0 Å². The fourth-order valence-corrected chi connectivity index (χ4v) is 2.69. The number of aliphatic carboxylic acids is 1. The molecule has 0 saturated carbocycles. The molecule has 0 saturated heterocycles. The number of carbonyl (C=O) groups is 2. The van der Waals surface area contributed by atoms with Crippen LogP contribution >= 0.6 is 11.6 Å². The summed E-state index contributed by atoms with van der Waals surface area (Å²) in [5, 5.41) is 12.3. The van der Waals surface area contributed by atoms with E-state index in [4.69, 9.17) is 26.2 Å². The fourth-order valence-electron chi connectivity index (χ4n) is 2.50. The Hall–Kier alpha value is -2.73. The average molecular weight is 348 g/mol. The van der Waals surface area contributed by atoms with Crippen molar-refractivity contribution in [2.24, 2.45) is 0 Å². The second-order valence-electron chi connectivity index (χ2n) is 5.22. The minimum Gasteiger partial charge on any atom is -0.481 e. The van der Waals surface area contributed by atoms with Crippen LogP contribution in [0.5, 0.6) is 11.5 Å². The molecule has 6 nitrogen and oxygen atoms in total. The number of rotatable bonds is 5. The Morgan fingerprint density at radius 1 is 1.21 bits per heavy atom. The van der Waals surface area contributed by atoms with E-state index in [0.29, 0.717) is 27.6 Å². The molecule has 1 amide bonds. The minimum absolute atomic E-state index is 0.0481. The van der Waals surface area contributed by atoms with E-state index in [0.717, 1.165) is 0 Å². The Bertz CT molecular complexity index is 792. The summed E-state index contributed by atoms with van der Waals surface area (Å²) in [4.78, 5) is 23.7. The lowest BCUT2D eigenvalue weighted by atomic mass is 10.0. The first kappa shape index (κ1) is 16.1. The number of ether oxygens (including phenoxy) is 2. The molecule has 0 spiro atoms. The van der Waals surface area contributed by atoms with E-state index < -0.39 is 17.9 Å². The lowest BCUT2D eigenvalue weighted by Crippen LogP contribution is -2.30. The first-order valence-electron chi connectivity index (χ1n) is 7.21. The molecule has 1 aliphatic heterocycles. The van der Waals surface area contributed by atoms with Crippen molar-refractivity contribution in [3.8, 4) is 11.5 Å². The molecular formula is C17H14ClNO5. The van der Waals surface area contributed by atoms with Crippen molar-refractivity contribution in [2.75, 3.05) is 6.79 Å². The topological polar surface area (TPSA) is 84.9 Å². The quantitative estimate of drug-likeness (QED) is 0.868. The normalized spacial score (nSPS) is 13.4. The summed E-state index contributed by atoms with van der Waals surface area (Å²) in [6, 6.07) is 11.0. The van der Waals surface area contributed by atoms with Crippen molar-refractivity contribution in [3.63, 3.8) is 0 Å². The van der Waals surface area contributed by atoms with E-state index in [-0.39, 0.29) is 13.2 Å². The number of benzene rings is 2. The summed E-state index contributed by atoms with van der Waals surface area (Å²) >= 11 is 5.96. The van der Waals surface area contributed by atoms with Crippen molar-refractivity contribution >= 4 is 23.5 Å². The maximum Gasteiger partial charge on any atom is 0.305 e. The van der Waals surface area contributed by atoms with Crippen LogP contribution < -0.4 is 14.8 Å². The van der Waals surface area contributed by atoms with E-state index in [9.17, 15) is 9.59 Å². The summed E-state index contributed by atoms with van der Waals surface area (Å²) in [7, 11) is 0. The Kier molecular flexibility index (Phi) is 4.57. The molecule has 2 aromatic rings. The molecule has 1 heterocycles. The number of fused-ring (bicyclic) bond motifs is 1. The van der Waals surface area contributed by atoms with Crippen LogP contribution in [-0.2, 0) is 4.79 Å². The van der Waals surface area contributed by atoms with Gasteiger partial charge in [0.05, 0.1) is 18.0 Å². The van der Waals surface area contributed by atoms with Gasteiger partial charge in [0, 0.05) is 5.02 Å². The van der Waals surface area contributed by atoms with Gasteiger partial charge in [0.2, 0.25) is 6.79 Å². The first-order valence-corrected chi connectivity index (χ1v) is 7.59. The molecule has 3 rings (SSSR count). The summed E-state index contributed by atoms with van der Waals surface area (Å²) < 4.78 is 10.6. The molecule has 0 radical (unpaired) electrons. The highest BCUT2D eigenvalue weighted by atomic mass is 35.5. The van der Waals surface area contributed by atoms with Gasteiger partial charge in [-0.05, 0) is 29.8 Å². The largest absolute Gasteiger partial charge is 0.481 e. The zero-order valence-corrected chi connectivity index (χ0v) is 13.2. The first-order chi connectivity index (χ1) is 11.5. The summed E-state index contributed by atoms with van der Waals surface area (Å²) in [5.41, 5.74) is 0.908. The average Bonchev–Trinajstić information content (AvgIpc) is 3.02. The summed E-state index contributed by atoms with van der Waals surface area (Å²) in [6.07, 6.45) is -0.265. The van der Waals surface area contributed by atoms with E-state index in [1.807, 2.05) is 0 Å². The van der Waals surface area contributed by atoms with Gasteiger partial charge in [-0.2, -0.15) is 0 Å². The molecule has 1 atom stereocenters. The monoisotopic (exact) mass is 347 g/mol. The Morgan fingerprint density at radius 2 is 2.00 bits per heavy atom. The van der Waals surface area contributed by atoms with Crippen molar-refractivity contribution < 1.29 is 24.2 Å². The van der Waals surface area contributed by atoms with E-state index in [1.54, 1.807) is 42.5 Å². The number of nitrogens with one attached hydrogen (secondary N) is 1. The molecule has 0 aromatic heterocycles. The van der Waals surface area contributed by atoms with Crippen LogP contribution in [0.15, 0.2) is 42.5 Å². The van der Waals surface area contributed by atoms with E-state index in [1.165, 1.54) is 0 Å². The highest BCUT2D eigenvalue weighted by Gasteiger charge is 2.25. The Balaban J connectivity index is 1.86. The number of hydrogen-bond donors (Lipinski definition) is 2. The van der Waals surface area contributed by atoms with Crippen molar-refractivity contribution in [1.82, 2.24) is 5.32 Å². The highest BCUT2D eigenvalue weighted by Crippen LogP contribution is 2.35.